The zero-order chi connectivity index (χ0) is 16.5. The first kappa shape index (κ1) is 15.0. The number of nitrogens with one attached hydrogen (secondary N) is 2. The fourth-order valence-corrected chi connectivity index (χ4v) is 3.78. The van der Waals surface area contributed by atoms with Gasteiger partial charge in [-0.05, 0) is 17.5 Å². The molecule has 0 aliphatic carbocycles. The average molecular weight is 339 g/mol. The van der Waals surface area contributed by atoms with Gasteiger partial charge >= 0.3 is 0 Å². The summed E-state index contributed by atoms with van der Waals surface area (Å²) in [5.74, 6) is -0.237. The van der Waals surface area contributed by atoms with Crippen LogP contribution in [-0.4, -0.2) is 34.8 Å². The molecule has 0 unspecified atom stereocenters. The van der Waals surface area contributed by atoms with Crippen LogP contribution in [0.5, 0.6) is 0 Å². The Morgan fingerprint density at radius 2 is 2.08 bits per heavy atom. The van der Waals surface area contributed by atoms with E-state index in [-0.39, 0.29) is 18.4 Å². The smallest absolute Gasteiger partial charge is 0.261 e. The van der Waals surface area contributed by atoms with Crippen molar-refractivity contribution < 1.29 is 9.59 Å². The summed E-state index contributed by atoms with van der Waals surface area (Å²) in [6.45, 7) is 1.30. The Kier molecular flexibility index (Phi) is 3.82. The van der Waals surface area contributed by atoms with E-state index in [0.717, 1.165) is 11.9 Å². The van der Waals surface area contributed by atoms with Crippen LogP contribution in [0.3, 0.4) is 0 Å². The fourth-order valence-electron chi connectivity index (χ4n) is 3.14. The number of benzene rings is 1. The lowest BCUT2D eigenvalue weighted by atomic mass is 10.0. The number of aromatic nitrogens is 1. The average Bonchev–Trinajstić information content (AvgIpc) is 3.26. The Hall–Kier alpha value is -2.60. The second-order valence-electron chi connectivity index (χ2n) is 5.85. The van der Waals surface area contributed by atoms with Gasteiger partial charge < -0.3 is 15.2 Å². The van der Waals surface area contributed by atoms with E-state index in [1.54, 1.807) is 6.07 Å². The van der Waals surface area contributed by atoms with Gasteiger partial charge in [0.25, 0.3) is 5.91 Å². The predicted molar refractivity (Wildman–Crippen MR) is 94.1 cm³/mol. The molecule has 6 heteroatoms. The van der Waals surface area contributed by atoms with Crippen molar-refractivity contribution in [1.29, 1.82) is 0 Å². The van der Waals surface area contributed by atoms with E-state index in [9.17, 15) is 9.59 Å². The predicted octanol–water partition coefficient (Wildman–Crippen LogP) is 2.54. The quantitative estimate of drug-likeness (QED) is 0.770. The van der Waals surface area contributed by atoms with E-state index in [1.807, 2.05) is 28.5 Å². The number of H-pyrrole nitrogens is 1. The van der Waals surface area contributed by atoms with Crippen molar-refractivity contribution in [3.05, 3.63) is 57.9 Å². The molecule has 0 saturated heterocycles. The van der Waals surface area contributed by atoms with Gasteiger partial charge in [-0.1, -0.05) is 24.3 Å². The van der Waals surface area contributed by atoms with Crippen molar-refractivity contribution in [2.75, 3.05) is 13.1 Å². The van der Waals surface area contributed by atoms with Crippen LogP contribution in [0, 0.1) is 0 Å². The third-order valence-electron chi connectivity index (χ3n) is 4.38. The van der Waals surface area contributed by atoms with Crippen molar-refractivity contribution in [3.8, 4) is 0 Å². The van der Waals surface area contributed by atoms with E-state index in [2.05, 4.69) is 22.4 Å². The van der Waals surface area contributed by atoms with E-state index < -0.39 is 0 Å². The molecule has 2 N–H and O–H groups in total. The standard InChI is InChI=1S/C18H17N3O2S/c22-17(10-19-18(23)16-6-3-9-24-16)21-8-7-15-13(11-21)12-4-1-2-5-14(12)20-15/h1-6,9,20H,7-8,10-11H2,(H,19,23). The van der Waals surface area contributed by atoms with Crippen molar-refractivity contribution in [1.82, 2.24) is 15.2 Å². The largest absolute Gasteiger partial charge is 0.358 e. The van der Waals surface area contributed by atoms with Gasteiger partial charge in [0.15, 0.2) is 0 Å². The summed E-state index contributed by atoms with van der Waals surface area (Å²) in [6, 6.07) is 11.7. The van der Waals surface area contributed by atoms with Crippen molar-refractivity contribution in [3.63, 3.8) is 0 Å². The highest BCUT2D eigenvalue weighted by molar-refractivity contribution is 7.12. The summed E-state index contributed by atoms with van der Waals surface area (Å²) >= 11 is 1.37. The molecule has 122 valence electrons. The van der Waals surface area contributed by atoms with E-state index >= 15 is 0 Å². The van der Waals surface area contributed by atoms with Crippen LogP contribution in [0.4, 0.5) is 0 Å². The van der Waals surface area contributed by atoms with Crippen LogP contribution in [0.25, 0.3) is 10.9 Å². The van der Waals surface area contributed by atoms with Crippen molar-refractivity contribution in [2.45, 2.75) is 13.0 Å². The third-order valence-corrected chi connectivity index (χ3v) is 5.25. The summed E-state index contributed by atoms with van der Waals surface area (Å²) in [5, 5.41) is 5.73. The minimum absolute atomic E-state index is 0.0361. The van der Waals surface area contributed by atoms with Crippen LogP contribution in [0.2, 0.25) is 0 Å². The first-order valence-corrected chi connectivity index (χ1v) is 8.78. The molecule has 4 rings (SSSR count). The topological polar surface area (TPSA) is 65.2 Å². The molecule has 1 aliphatic rings. The highest BCUT2D eigenvalue weighted by Crippen LogP contribution is 2.27. The third kappa shape index (κ3) is 2.69. The molecule has 0 bridgehead atoms. The molecule has 24 heavy (non-hydrogen) atoms. The number of carbonyl (C=O) groups excluding carboxylic acids is 2. The van der Waals surface area contributed by atoms with Gasteiger partial charge in [0.2, 0.25) is 5.91 Å². The molecule has 2 amide bonds. The summed E-state index contributed by atoms with van der Waals surface area (Å²) < 4.78 is 0. The monoisotopic (exact) mass is 339 g/mol. The van der Waals surface area contributed by atoms with E-state index in [4.69, 9.17) is 0 Å². The van der Waals surface area contributed by atoms with Gasteiger partial charge in [-0.25, -0.2) is 0 Å². The first-order chi connectivity index (χ1) is 11.7. The van der Waals surface area contributed by atoms with Crippen LogP contribution < -0.4 is 5.32 Å². The lowest BCUT2D eigenvalue weighted by molar-refractivity contribution is -0.131. The number of para-hydroxylation sites is 1. The number of rotatable bonds is 3. The molecule has 0 saturated carbocycles. The SMILES string of the molecule is O=C(NCC(=O)N1CCc2[nH]c3ccccc3c2C1)c1cccs1. The Balaban J connectivity index is 1.44. The number of carbonyl (C=O) groups is 2. The zero-order valence-corrected chi connectivity index (χ0v) is 13.9. The molecule has 2 aromatic heterocycles. The summed E-state index contributed by atoms with van der Waals surface area (Å²) in [5.41, 5.74) is 3.51. The molecule has 3 aromatic rings. The highest BCUT2D eigenvalue weighted by Gasteiger charge is 2.24. The van der Waals surface area contributed by atoms with Crippen molar-refractivity contribution in [2.24, 2.45) is 0 Å². The summed E-state index contributed by atoms with van der Waals surface area (Å²) in [6.07, 6.45) is 0.814. The van der Waals surface area contributed by atoms with Crippen LogP contribution in [-0.2, 0) is 17.8 Å². The minimum Gasteiger partial charge on any atom is -0.358 e. The number of nitrogens with zero attached hydrogens (tertiary/aromatic N) is 1. The minimum atomic E-state index is -0.192. The molecule has 0 spiro atoms. The highest BCUT2D eigenvalue weighted by atomic mass is 32.1. The molecular formula is C18H17N3O2S. The maximum atomic E-state index is 12.4. The molecule has 1 aromatic carbocycles. The molecule has 3 heterocycles. The Labute approximate surface area is 143 Å². The number of fused-ring (bicyclic) bond motifs is 3. The molecule has 1 aliphatic heterocycles. The maximum Gasteiger partial charge on any atom is 0.261 e. The number of amides is 2. The summed E-state index contributed by atoms with van der Waals surface area (Å²) in [7, 11) is 0. The van der Waals surface area contributed by atoms with Crippen LogP contribution >= 0.6 is 11.3 Å². The zero-order valence-electron chi connectivity index (χ0n) is 13.0. The van der Waals surface area contributed by atoms with Gasteiger partial charge in [-0.15, -0.1) is 11.3 Å². The van der Waals surface area contributed by atoms with E-state index in [1.165, 1.54) is 28.0 Å². The molecule has 0 atom stereocenters. The van der Waals surface area contributed by atoms with Gasteiger partial charge in [-0.2, -0.15) is 0 Å². The number of thiophene rings is 1. The van der Waals surface area contributed by atoms with Gasteiger partial charge in [-0.3, -0.25) is 9.59 Å². The second-order valence-corrected chi connectivity index (χ2v) is 6.80. The van der Waals surface area contributed by atoms with Gasteiger partial charge in [0, 0.05) is 41.7 Å². The van der Waals surface area contributed by atoms with Crippen LogP contribution in [0.1, 0.15) is 20.9 Å². The molecule has 0 radical (unpaired) electrons. The van der Waals surface area contributed by atoms with Crippen molar-refractivity contribution >= 4 is 34.1 Å². The van der Waals surface area contributed by atoms with Gasteiger partial charge in [0.05, 0.1) is 11.4 Å². The molecule has 5 nitrogen and oxygen atoms in total. The maximum absolute atomic E-state index is 12.4. The lowest BCUT2D eigenvalue weighted by Gasteiger charge is -2.27. The number of aromatic amines is 1. The Morgan fingerprint density at radius 3 is 2.92 bits per heavy atom. The second kappa shape index (κ2) is 6.13. The summed E-state index contributed by atoms with van der Waals surface area (Å²) in [4.78, 5) is 30.3. The molecule has 0 fully saturated rings. The normalized spacial score (nSPS) is 13.8. The van der Waals surface area contributed by atoms with Gasteiger partial charge in [0.1, 0.15) is 0 Å². The van der Waals surface area contributed by atoms with Crippen LogP contribution in [0.15, 0.2) is 41.8 Å². The first-order valence-electron chi connectivity index (χ1n) is 7.90. The van der Waals surface area contributed by atoms with E-state index in [0.29, 0.717) is 18.0 Å². The Morgan fingerprint density at radius 1 is 1.21 bits per heavy atom. The number of hydrogen-bond donors (Lipinski definition) is 2. The number of hydrogen-bond acceptors (Lipinski definition) is 3. The Bertz CT molecular complexity index is 898. The molecular weight excluding hydrogens is 322 g/mol. The lowest BCUT2D eigenvalue weighted by Crippen LogP contribution is -2.42. The fraction of sp³-hybridized carbons (Fsp3) is 0.222.